The number of benzene rings is 1. The number of halogens is 4. The molecular weight excluding hydrogens is 333 g/mol. The summed E-state index contributed by atoms with van der Waals surface area (Å²) in [4.78, 5) is 22.7. The maximum absolute atomic E-state index is 12.6. The van der Waals surface area contributed by atoms with E-state index >= 15 is 0 Å². The third kappa shape index (κ3) is 2.21. The summed E-state index contributed by atoms with van der Waals surface area (Å²) in [5.41, 5.74) is -1.97. The van der Waals surface area contributed by atoms with Crippen LogP contribution in [-0.4, -0.2) is 22.6 Å². The standard InChI is InChI=1S/C10H4BrF3N2O3/c11-4-1-3(10(12,13)14)2-5-6(4)7(16-19)8(17)9(18)15-5/h1-2,19H,(H,15,18)/b16-7-. The maximum atomic E-state index is 12.6. The van der Waals surface area contributed by atoms with Gasteiger partial charge in [0.05, 0.1) is 11.3 Å². The molecule has 0 saturated carbocycles. The second-order valence-electron chi connectivity index (χ2n) is 3.61. The van der Waals surface area contributed by atoms with E-state index in [4.69, 9.17) is 5.21 Å². The Bertz CT molecular complexity index is 625. The van der Waals surface area contributed by atoms with Crippen LogP contribution in [0.25, 0.3) is 0 Å². The van der Waals surface area contributed by atoms with Crippen molar-refractivity contribution in [3.63, 3.8) is 0 Å². The minimum atomic E-state index is -4.61. The van der Waals surface area contributed by atoms with Crippen molar-refractivity contribution in [3.05, 3.63) is 27.7 Å². The number of alkyl halides is 3. The fourth-order valence-electron chi connectivity index (χ4n) is 1.61. The van der Waals surface area contributed by atoms with Crippen molar-refractivity contribution in [1.82, 2.24) is 0 Å². The Morgan fingerprint density at radius 1 is 1.26 bits per heavy atom. The van der Waals surface area contributed by atoms with Gasteiger partial charge in [-0.25, -0.2) is 0 Å². The zero-order valence-corrected chi connectivity index (χ0v) is 10.5. The lowest BCUT2D eigenvalue weighted by molar-refractivity contribution is -0.137. The van der Waals surface area contributed by atoms with Crippen LogP contribution in [0.1, 0.15) is 11.1 Å². The molecule has 0 bridgehead atoms. The summed E-state index contributed by atoms with van der Waals surface area (Å²) in [5.74, 6) is -2.29. The van der Waals surface area contributed by atoms with Gasteiger partial charge >= 0.3 is 6.18 Å². The highest BCUT2D eigenvalue weighted by Crippen LogP contribution is 2.37. The fraction of sp³-hybridized carbons (Fsp3) is 0.100. The number of anilines is 1. The van der Waals surface area contributed by atoms with Crippen LogP contribution in [0.5, 0.6) is 0 Å². The van der Waals surface area contributed by atoms with E-state index in [1.807, 2.05) is 5.32 Å². The van der Waals surface area contributed by atoms with Gasteiger partial charge in [-0.3, -0.25) is 9.59 Å². The number of Topliss-reactive ketones (excluding diaryl/α,β-unsaturated/α-hetero) is 1. The number of ketones is 1. The lowest BCUT2D eigenvalue weighted by Crippen LogP contribution is -2.36. The van der Waals surface area contributed by atoms with E-state index in [-0.39, 0.29) is 15.7 Å². The first-order valence-corrected chi connectivity index (χ1v) is 5.54. The molecule has 2 N–H and O–H groups in total. The van der Waals surface area contributed by atoms with Gasteiger partial charge in [0.2, 0.25) is 0 Å². The average molecular weight is 337 g/mol. The molecule has 1 heterocycles. The molecule has 1 aromatic rings. The number of nitrogens with one attached hydrogen (secondary N) is 1. The second-order valence-corrected chi connectivity index (χ2v) is 4.46. The first-order chi connectivity index (χ1) is 8.75. The van der Waals surface area contributed by atoms with E-state index in [1.165, 1.54) is 0 Å². The molecule has 5 nitrogen and oxygen atoms in total. The minimum Gasteiger partial charge on any atom is -0.410 e. The molecule has 100 valence electrons. The van der Waals surface area contributed by atoms with Crippen molar-refractivity contribution in [2.75, 3.05) is 5.32 Å². The number of hydrogen-bond donors (Lipinski definition) is 2. The summed E-state index contributed by atoms with van der Waals surface area (Å²) in [5, 5.41) is 13.4. The molecule has 0 atom stereocenters. The maximum Gasteiger partial charge on any atom is 0.416 e. The van der Waals surface area contributed by atoms with Gasteiger partial charge in [-0.05, 0) is 28.1 Å². The Morgan fingerprint density at radius 2 is 1.89 bits per heavy atom. The predicted molar refractivity (Wildman–Crippen MR) is 61.1 cm³/mol. The predicted octanol–water partition coefficient (Wildman–Crippen LogP) is 2.17. The second kappa shape index (κ2) is 4.34. The van der Waals surface area contributed by atoms with Gasteiger partial charge in [0, 0.05) is 10.0 Å². The largest absolute Gasteiger partial charge is 0.416 e. The molecule has 1 aliphatic heterocycles. The van der Waals surface area contributed by atoms with Crippen LogP contribution in [0, 0.1) is 0 Å². The van der Waals surface area contributed by atoms with Crippen LogP contribution in [-0.2, 0) is 15.8 Å². The third-order valence-corrected chi connectivity index (χ3v) is 3.05. The molecule has 0 spiro atoms. The topological polar surface area (TPSA) is 78.8 Å². The fourth-order valence-corrected chi connectivity index (χ4v) is 2.25. The van der Waals surface area contributed by atoms with Crippen LogP contribution < -0.4 is 5.32 Å². The van der Waals surface area contributed by atoms with Gasteiger partial charge in [0.1, 0.15) is 0 Å². The van der Waals surface area contributed by atoms with Crippen molar-refractivity contribution in [2.45, 2.75) is 6.18 Å². The Labute approximate surface area is 112 Å². The zero-order valence-electron chi connectivity index (χ0n) is 8.88. The third-order valence-electron chi connectivity index (χ3n) is 2.42. The first-order valence-electron chi connectivity index (χ1n) is 4.74. The summed E-state index contributed by atoms with van der Waals surface area (Å²) in [7, 11) is 0. The molecule has 1 aliphatic rings. The lowest BCUT2D eigenvalue weighted by atomic mass is 9.98. The number of carbonyl (C=O) groups is 2. The summed E-state index contributed by atoms with van der Waals surface area (Å²) in [6, 6.07) is 1.39. The van der Waals surface area contributed by atoms with E-state index in [0.29, 0.717) is 6.07 Å². The van der Waals surface area contributed by atoms with Crippen molar-refractivity contribution < 1.29 is 28.0 Å². The van der Waals surface area contributed by atoms with Gasteiger partial charge in [-0.15, -0.1) is 0 Å². The normalized spacial score (nSPS) is 17.4. The molecule has 19 heavy (non-hydrogen) atoms. The van der Waals surface area contributed by atoms with E-state index < -0.39 is 29.1 Å². The van der Waals surface area contributed by atoms with Crippen molar-refractivity contribution in [1.29, 1.82) is 0 Å². The molecule has 0 aliphatic carbocycles. The van der Waals surface area contributed by atoms with Crippen LogP contribution >= 0.6 is 15.9 Å². The number of fused-ring (bicyclic) bond motifs is 1. The molecule has 0 aromatic heterocycles. The molecule has 0 saturated heterocycles. The molecule has 0 unspecified atom stereocenters. The highest BCUT2D eigenvalue weighted by Gasteiger charge is 2.37. The summed E-state index contributed by atoms with van der Waals surface area (Å²) >= 11 is 2.86. The van der Waals surface area contributed by atoms with Gasteiger partial charge in [-0.1, -0.05) is 5.16 Å². The Hall–Kier alpha value is -1.90. The number of carbonyl (C=O) groups excluding carboxylic acids is 2. The average Bonchev–Trinajstić information content (AvgIpc) is 2.30. The highest BCUT2D eigenvalue weighted by atomic mass is 79.9. The summed E-state index contributed by atoms with van der Waals surface area (Å²) < 4.78 is 37.7. The number of oxime groups is 1. The van der Waals surface area contributed by atoms with E-state index in [1.54, 1.807) is 0 Å². The Kier molecular flexibility index (Phi) is 3.09. The quantitative estimate of drug-likeness (QED) is 0.433. The molecule has 9 heteroatoms. The molecule has 0 fully saturated rings. The SMILES string of the molecule is O=C1Nc2cc(C(F)(F)F)cc(Br)c2/C(=N/O)C1=O. The van der Waals surface area contributed by atoms with Gasteiger partial charge < -0.3 is 10.5 Å². The summed E-state index contributed by atoms with van der Waals surface area (Å²) in [6.07, 6.45) is -4.61. The summed E-state index contributed by atoms with van der Waals surface area (Å²) in [6.45, 7) is 0. The van der Waals surface area contributed by atoms with Crippen LogP contribution in [0.2, 0.25) is 0 Å². The van der Waals surface area contributed by atoms with Crippen molar-refractivity contribution in [3.8, 4) is 0 Å². The molecule has 2 rings (SSSR count). The van der Waals surface area contributed by atoms with Crippen LogP contribution in [0.15, 0.2) is 21.8 Å². The van der Waals surface area contributed by atoms with Gasteiger partial charge in [0.15, 0.2) is 5.71 Å². The van der Waals surface area contributed by atoms with Gasteiger partial charge in [0.25, 0.3) is 11.7 Å². The number of nitrogens with zero attached hydrogens (tertiary/aromatic N) is 1. The Morgan fingerprint density at radius 3 is 2.42 bits per heavy atom. The van der Waals surface area contributed by atoms with Gasteiger partial charge in [-0.2, -0.15) is 13.2 Å². The number of hydrogen-bond acceptors (Lipinski definition) is 4. The number of rotatable bonds is 0. The minimum absolute atomic E-state index is 0.0971. The van der Waals surface area contributed by atoms with Crippen LogP contribution in [0.4, 0.5) is 18.9 Å². The molecule has 1 amide bonds. The zero-order chi connectivity index (χ0) is 14.4. The molecule has 0 radical (unpaired) electrons. The van der Waals surface area contributed by atoms with E-state index in [2.05, 4.69) is 21.1 Å². The molecular formula is C10H4BrF3N2O3. The smallest absolute Gasteiger partial charge is 0.410 e. The van der Waals surface area contributed by atoms with Crippen LogP contribution in [0.3, 0.4) is 0 Å². The van der Waals surface area contributed by atoms with Crippen molar-refractivity contribution >= 4 is 39.0 Å². The first kappa shape index (κ1) is 13.5. The lowest BCUT2D eigenvalue weighted by Gasteiger charge is -2.20. The molecule has 1 aromatic carbocycles. The number of amides is 1. The monoisotopic (exact) mass is 336 g/mol. The van der Waals surface area contributed by atoms with E-state index in [9.17, 15) is 22.8 Å². The Balaban J connectivity index is 2.71. The van der Waals surface area contributed by atoms with Crippen molar-refractivity contribution in [2.24, 2.45) is 5.16 Å². The van der Waals surface area contributed by atoms with E-state index in [0.717, 1.165) is 6.07 Å². The highest BCUT2D eigenvalue weighted by molar-refractivity contribution is 9.10.